The average molecular weight is 379 g/mol. The molecule has 5 nitrogen and oxygen atoms in total. The van der Waals surface area contributed by atoms with Gasteiger partial charge in [0.15, 0.2) is 5.69 Å². The van der Waals surface area contributed by atoms with E-state index >= 15 is 0 Å². The van der Waals surface area contributed by atoms with Gasteiger partial charge in [-0.2, -0.15) is 5.26 Å². The van der Waals surface area contributed by atoms with Crippen molar-refractivity contribution in [3.63, 3.8) is 0 Å². The number of nitriles is 1. The van der Waals surface area contributed by atoms with Crippen molar-refractivity contribution in [3.05, 3.63) is 47.5 Å². The van der Waals surface area contributed by atoms with Crippen molar-refractivity contribution in [2.24, 2.45) is 0 Å². The standard InChI is InChI=1S/C14H10IN3O2/c15-6-11-5-12-13(14(19)20-11)18(8-17-12)10-3-1-9(7-16)2-4-10/h1-4,8,11H,5-6H2. The van der Waals surface area contributed by atoms with Crippen molar-refractivity contribution in [1.82, 2.24) is 9.55 Å². The molecule has 0 radical (unpaired) electrons. The fraction of sp³-hybridized carbons (Fsp3) is 0.214. The largest absolute Gasteiger partial charge is 0.456 e. The number of hydrogen-bond acceptors (Lipinski definition) is 4. The Labute approximate surface area is 129 Å². The molecule has 0 amide bonds. The molecule has 20 heavy (non-hydrogen) atoms. The number of nitrogens with zero attached hydrogens (tertiary/aromatic N) is 3. The Balaban J connectivity index is 2.02. The molecular weight excluding hydrogens is 369 g/mol. The van der Waals surface area contributed by atoms with Gasteiger partial charge in [-0.3, -0.25) is 4.57 Å². The second-order valence-corrected chi connectivity index (χ2v) is 5.34. The molecule has 0 N–H and O–H groups in total. The maximum atomic E-state index is 12.1. The summed E-state index contributed by atoms with van der Waals surface area (Å²) in [6.07, 6.45) is 2.18. The smallest absolute Gasteiger partial charge is 0.357 e. The summed E-state index contributed by atoms with van der Waals surface area (Å²) >= 11 is 2.20. The van der Waals surface area contributed by atoms with Gasteiger partial charge in [-0.1, -0.05) is 22.6 Å². The molecule has 1 aromatic carbocycles. The Hall–Kier alpha value is -1.88. The van der Waals surface area contributed by atoms with E-state index in [9.17, 15) is 4.79 Å². The molecule has 100 valence electrons. The maximum absolute atomic E-state index is 12.1. The van der Waals surface area contributed by atoms with E-state index in [1.165, 1.54) is 0 Å². The summed E-state index contributed by atoms with van der Waals surface area (Å²) in [6, 6.07) is 9.07. The molecule has 0 aliphatic carbocycles. The number of aromatic nitrogens is 2. The highest BCUT2D eigenvalue weighted by Crippen LogP contribution is 2.23. The third-order valence-corrected chi connectivity index (χ3v) is 4.16. The van der Waals surface area contributed by atoms with Crippen LogP contribution in [0, 0.1) is 11.3 Å². The summed E-state index contributed by atoms with van der Waals surface area (Å²) in [5.41, 5.74) is 2.63. The second kappa shape index (κ2) is 5.25. The van der Waals surface area contributed by atoms with E-state index in [0.717, 1.165) is 15.8 Å². The molecule has 0 fully saturated rings. The molecular formula is C14H10IN3O2. The number of imidazole rings is 1. The summed E-state index contributed by atoms with van der Waals surface area (Å²) in [5.74, 6) is -0.338. The summed E-state index contributed by atoms with van der Waals surface area (Å²) in [5, 5.41) is 8.81. The van der Waals surface area contributed by atoms with Gasteiger partial charge in [-0.15, -0.1) is 0 Å². The predicted octanol–water partition coefficient (Wildman–Crippen LogP) is 2.26. The predicted molar refractivity (Wildman–Crippen MR) is 80.1 cm³/mol. The first kappa shape index (κ1) is 13.1. The first-order valence-corrected chi connectivity index (χ1v) is 7.59. The zero-order valence-corrected chi connectivity index (χ0v) is 12.6. The molecule has 6 heteroatoms. The zero-order chi connectivity index (χ0) is 14.1. The molecule has 0 saturated heterocycles. The first-order chi connectivity index (χ1) is 9.72. The van der Waals surface area contributed by atoms with Crippen LogP contribution in [0.1, 0.15) is 21.7 Å². The fourth-order valence-electron chi connectivity index (χ4n) is 2.19. The van der Waals surface area contributed by atoms with Crippen molar-refractivity contribution in [2.75, 3.05) is 4.43 Å². The van der Waals surface area contributed by atoms with Crippen LogP contribution in [0.5, 0.6) is 0 Å². The van der Waals surface area contributed by atoms with Crippen LogP contribution in [-0.2, 0) is 11.2 Å². The summed E-state index contributed by atoms with van der Waals surface area (Å²) in [7, 11) is 0. The number of benzene rings is 1. The SMILES string of the molecule is N#Cc1ccc(-n2cnc3c2C(=O)OC(CI)C3)cc1. The van der Waals surface area contributed by atoms with Crippen molar-refractivity contribution in [1.29, 1.82) is 5.26 Å². The van der Waals surface area contributed by atoms with E-state index in [-0.39, 0.29) is 12.1 Å². The third-order valence-electron chi connectivity index (χ3n) is 3.18. The van der Waals surface area contributed by atoms with Gasteiger partial charge in [-0.05, 0) is 24.3 Å². The van der Waals surface area contributed by atoms with Crippen molar-refractivity contribution in [3.8, 4) is 11.8 Å². The summed E-state index contributed by atoms with van der Waals surface area (Å²) in [6.45, 7) is 0. The van der Waals surface area contributed by atoms with Gasteiger partial charge >= 0.3 is 5.97 Å². The van der Waals surface area contributed by atoms with E-state index in [4.69, 9.17) is 10.00 Å². The lowest BCUT2D eigenvalue weighted by Crippen LogP contribution is -2.30. The van der Waals surface area contributed by atoms with E-state index in [1.54, 1.807) is 35.2 Å². The lowest BCUT2D eigenvalue weighted by Gasteiger charge is -2.21. The Morgan fingerprint density at radius 2 is 2.20 bits per heavy atom. The zero-order valence-electron chi connectivity index (χ0n) is 10.4. The van der Waals surface area contributed by atoms with Crippen LogP contribution in [0.25, 0.3) is 5.69 Å². The topological polar surface area (TPSA) is 67.9 Å². The Bertz CT molecular complexity index is 700. The van der Waals surface area contributed by atoms with E-state index < -0.39 is 0 Å². The number of alkyl halides is 1. The van der Waals surface area contributed by atoms with E-state index in [2.05, 4.69) is 33.6 Å². The number of cyclic esters (lactones) is 1. The molecule has 0 saturated carbocycles. The van der Waals surface area contributed by atoms with Crippen LogP contribution in [0.3, 0.4) is 0 Å². The molecule has 1 aromatic heterocycles. The minimum Gasteiger partial charge on any atom is -0.456 e. The highest BCUT2D eigenvalue weighted by Gasteiger charge is 2.30. The average Bonchev–Trinajstić information content (AvgIpc) is 2.91. The molecule has 1 atom stereocenters. The summed E-state index contributed by atoms with van der Waals surface area (Å²) < 4.78 is 7.83. The van der Waals surface area contributed by atoms with Gasteiger partial charge < -0.3 is 4.74 Å². The van der Waals surface area contributed by atoms with Crippen LogP contribution in [0.15, 0.2) is 30.6 Å². The van der Waals surface area contributed by atoms with E-state index in [1.807, 2.05) is 0 Å². The number of ether oxygens (including phenoxy) is 1. The van der Waals surface area contributed by atoms with Gasteiger partial charge in [0.2, 0.25) is 0 Å². The number of esters is 1. The van der Waals surface area contributed by atoms with E-state index in [0.29, 0.717) is 17.7 Å². The van der Waals surface area contributed by atoms with Gasteiger partial charge in [-0.25, -0.2) is 9.78 Å². The molecule has 0 bridgehead atoms. The molecule has 2 heterocycles. The summed E-state index contributed by atoms with van der Waals surface area (Å²) in [4.78, 5) is 16.4. The Kier molecular flexibility index (Phi) is 3.44. The molecule has 2 aromatic rings. The van der Waals surface area contributed by atoms with Gasteiger partial charge in [0, 0.05) is 16.5 Å². The lowest BCUT2D eigenvalue weighted by atomic mass is 10.1. The molecule has 1 aliphatic heterocycles. The van der Waals surface area contributed by atoms with Crippen LogP contribution >= 0.6 is 22.6 Å². The van der Waals surface area contributed by atoms with Crippen LogP contribution in [0.4, 0.5) is 0 Å². The van der Waals surface area contributed by atoms with Gasteiger partial charge in [0.05, 0.1) is 17.3 Å². The molecule has 1 unspecified atom stereocenters. The fourth-order valence-corrected chi connectivity index (χ4v) is 2.68. The highest BCUT2D eigenvalue weighted by atomic mass is 127. The van der Waals surface area contributed by atoms with Crippen molar-refractivity contribution < 1.29 is 9.53 Å². The maximum Gasteiger partial charge on any atom is 0.357 e. The molecule has 3 rings (SSSR count). The number of rotatable bonds is 2. The van der Waals surface area contributed by atoms with Crippen molar-refractivity contribution in [2.45, 2.75) is 12.5 Å². The second-order valence-electron chi connectivity index (χ2n) is 4.45. The van der Waals surface area contributed by atoms with Crippen molar-refractivity contribution >= 4 is 28.6 Å². The minimum absolute atomic E-state index is 0.0973. The first-order valence-electron chi connectivity index (χ1n) is 6.06. The third kappa shape index (κ3) is 2.18. The number of fused-ring (bicyclic) bond motifs is 1. The molecule has 0 spiro atoms. The monoisotopic (exact) mass is 379 g/mol. The number of halogens is 1. The lowest BCUT2D eigenvalue weighted by molar-refractivity contribution is 0.0304. The van der Waals surface area contributed by atoms with Crippen LogP contribution in [-0.4, -0.2) is 26.1 Å². The normalized spacial score (nSPS) is 17.2. The number of carbonyl (C=O) groups is 1. The number of hydrogen-bond donors (Lipinski definition) is 0. The van der Waals surface area contributed by atoms with Crippen LogP contribution < -0.4 is 0 Å². The molecule has 1 aliphatic rings. The minimum atomic E-state index is -0.338. The number of carbonyl (C=O) groups excluding carboxylic acids is 1. The quantitative estimate of drug-likeness (QED) is 0.456. The van der Waals surface area contributed by atoms with Gasteiger partial charge in [0.25, 0.3) is 0 Å². The Morgan fingerprint density at radius 3 is 2.85 bits per heavy atom. The highest BCUT2D eigenvalue weighted by molar-refractivity contribution is 14.1. The van der Waals surface area contributed by atoms with Crippen LogP contribution in [0.2, 0.25) is 0 Å². The Morgan fingerprint density at radius 1 is 1.45 bits per heavy atom. The van der Waals surface area contributed by atoms with Gasteiger partial charge in [0.1, 0.15) is 12.4 Å².